The SMILES string of the molecule is N#Cc1cnn(-c2ccc(C(=O)NCc3ccc(-n4c(-c5cccnc5N)nc5ccc(-c6ccccc6)nc54)cc3)cc2)c1. The van der Waals surface area contributed by atoms with E-state index >= 15 is 0 Å². The van der Waals surface area contributed by atoms with Crippen LogP contribution in [0, 0.1) is 11.3 Å². The van der Waals surface area contributed by atoms with E-state index in [1.54, 1.807) is 41.3 Å². The van der Waals surface area contributed by atoms with Crippen molar-refractivity contribution in [3.05, 3.63) is 138 Å². The zero-order valence-corrected chi connectivity index (χ0v) is 23.9. The van der Waals surface area contributed by atoms with Gasteiger partial charge >= 0.3 is 0 Å². The van der Waals surface area contributed by atoms with Crippen LogP contribution in [0.2, 0.25) is 0 Å². The number of aromatic nitrogens is 6. The van der Waals surface area contributed by atoms with E-state index in [4.69, 9.17) is 21.0 Å². The smallest absolute Gasteiger partial charge is 0.251 e. The summed E-state index contributed by atoms with van der Waals surface area (Å²) >= 11 is 0. The number of nitrogens with two attached hydrogens (primary N) is 1. The molecule has 3 N–H and O–H groups in total. The largest absolute Gasteiger partial charge is 0.383 e. The van der Waals surface area contributed by atoms with E-state index in [0.717, 1.165) is 33.7 Å². The number of hydrogen-bond donors (Lipinski definition) is 2. The Morgan fingerprint density at radius 1 is 0.867 bits per heavy atom. The Bertz CT molecular complexity index is 2190. The molecule has 0 atom stereocenters. The number of benzene rings is 3. The summed E-state index contributed by atoms with van der Waals surface area (Å²) in [7, 11) is 0. The van der Waals surface area contributed by atoms with Crippen LogP contribution in [0.1, 0.15) is 21.5 Å². The number of nitriles is 1. The topological polar surface area (TPSA) is 140 Å². The van der Waals surface area contributed by atoms with Gasteiger partial charge in [0.15, 0.2) is 11.5 Å². The minimum absolute atomic E-state index is 0.198. The molecular weight excluding hydrogens is 562 g/mol. The standard InChI is InChI=1S/C35H25N9O/c36-19-24-21-40-43(22-24)27-14-10-26(11-15-27)35(45)39-20-23-8-12-28(13-9-23)44-33(29-7-4-18-38-32(29)37)42-31-17-16-30(41-34(31)44)25-5-2-1-3-6-25/h1-18,21-22H,20H2,(H2,37,38)(H,39,45). The summed E-state index contributed by atoms with van der Waals surface area (Å²) in [6.07, 6.45) is 4.78. The number of rotatable bonds is 7. The predicted molar refractivity (Wildman–Crippen MR) is 171 cm³/mol. The van der Waals surface area contributed by atoms with Gasteiger partial charge in [-0.25, -0.2) is 19.6 Å². The number of carbonyl (C=O) groups is 1. The number of nitrogens with zero attached hydrogens (tertiary/aromatic N) is 7. The number of carbonyl (C=O) groups excluding carboxylic acids is 1. The van der Waals surface area contributed by atoms with Gasteiger partial charge in [0, 0.05) is 35.8 Å². The van der Waals surface area contributed by atoms with E-state index in [9.17, 15) is 4.79 Å². The molecule has 0 radical (unpaired) electrons. The Kier molecular flexibility index (Phi) is 7.01. The van der Waals surface area contributed by atoms with Crippen LogP contribution in [-0.4, -0.2) is 35.2 Å². The summed E-state index contributed by atoms with van der Waals surface area (Å²) in [4.78, 5) is 27.1. The number of fused-ring (bicyclic) bond motifs is 1. The van der Waals surface area contributed by atoms with Crippen LogP contribution < -0.4 is 11.1 Å². The Balaban J connectivity index is 1.15. The molecule has 0 bridgehead atoms. The summed E-state index contributed by atoms with van der Waals surface area (Å²) in [6.45, 7) is 0.342. The molecule has 0 spiro atoms. The fourth-order valence-corrected chi connectivity index (χ4v) is 5.09. The van der Waals surface area contributed by atoms with Gasteiger partial charge in [-0.05, 0) is 66.2 Å². The zero-order valence-electron chi connectivity index (χ0n) is 23.9. The van der Waals surface area contributed by atoms with Gasteiger partial charge < -0.3 is 11.1 Å². The van der Waals surface area contributed by atoms with Crippen molar-refractivity contribution in [2.75, 3.05) is 5.73 Å². The molecule has 216 valence electrons. The average molecular weight is 588 g/mol. The monoisotopic (exact) mass is 587 g/mol. The van der Waals surface area contributed by atoms with E-state index in [-0.39, 0.29) is 5.91 Å². The molecule has 0 unspecified atom stereocenters. The summed E-state index contributed by atoms with van der Waals surface area (Å²) in [5.74, 6) is 0.814. The molecule has 7 rings (SSSR count). The minimum Gasteiger partial charge on any atom is -0.383 e. The third kappa shape index (κ3) is 5.37. The van der Waals surface area contributed by atoms with Crippen LogP contribution >= 0.6 is 0 Å². The molecule has 7 aromatic rings. The van der Waals surface area contributed by atoms with E-state index in [1.165, 1.54) is 6.20 Å². The van der Waals surface area contributed by atoms with E-state index in [2.05, 4.69) is 21.5 Å². The maximum absolute atomic E-state index is 12.9. The lowest BCUT2D eigenvalue weighted by molar-refractivity contribution is 0.0951. The number of anilines is 1. The highest BCUT2D eigenvalue weighted by Crippen LogP contribution is 2.31. The van der Waals surface area contributed by atoms with Crippen molar-refractivity contribution in [2.24, 2.45) is 0 Å². The second kappa shape index (κ2) is 11.6. The van der Waals surface area contributed by atoms with Crippen molar-refractivity contribution in [1.29, 1.82) is 5.26 Å². The summed E-state index contributed by atoms with van der Waals surface area (Å²) < 4.78 is 3.58. The van der Waals surface area contributed by atoms with E-state index in [1.807, 2.05) is 83.4 Å². The first-order valence-corrected chi connectivity index (χ1v) is 14.2. The molecule has 3 aromatic carbocycles. The Hall–Kier alpha value is -6.60. The first-order valence-electron chi connectivity index (χ1n) is 14.2. The van der Waals surface area contributed by atoms with Gasteiger partial charge in [-0.3, -0.25) is 9.36 Å². The number of nitrogen functional groups attached to an aromatic ring is 1. The van der Waals surface area contributed by atoms with Crippen LogP contribution in [0.3, 0.4) is 0 Å². The minimum atomic E-state index is -0.198. The van der Waals surface area contributed by atoms with Crippen molar-refractivity contribution < 1.29 is 4.79 Å². The van der Waals surface area contributed by atoms with Gasteiger partial charge in [-0.15, -0.1) is 0 Å². The molecule has 10 nitrogen and oxygen atoms in total. The number of nitrogens with one attached hydrogen (secondary N) is 1. The fourth-order valence-electron chi connectivity index (χ4n) is 5.09. The lowest BCUT2D eigenvalue weighted by Crippen LogP contribution is -2.22. The highest BCUT2D eigenvalue weighted by molar-refractivity contribution is 5.94. The number of hydrogen-bond acceptors (Lipinski definition) is 7. The van der Waals surface area contributed by atoms with Crippen LogP contribution in [-0.2, 0) is 6.54 Å². The molecule has 0 aliphatic rings. The van der Waals surface area contributed by atoms with Crippen LogP contribution in [0.4, 0.5) is 5.82 Å². The third-order valence-electron chi connectivity index (χ3n) is 7.41. The van der Waals surface area contributed by atoms with Crippen LogP contribution in [0.15, 0.2) is 122 Å². The highest BCUT2D eigenvalue weighted by Gasteiger charge is 2.19. The number of pyridine rings is 2. The first kappa shape index (κ1) is 27.2. The number of amides is 1. The van der Waals surface area contributed by atoms with Gasteiger partial charge in [-0.1, -0.05) is 42.5 Å². The highest BCUT2D eigenvalue weighted by atomic mass is 16.1. The van der Waals surface area contributed by atoms with E-state index in [0.29, 0.717) is 40.5 Å². The second-order valence-corrected chi connectivity index (χ2v) is 10.3. The Morgan fingerprint density at radius 2 is 1.64 bits per heavy atom. The van der Waals surface area contributed by atoms with Crippen LogP contribution in [0.5, 0.6) is 0 Å². The first-order chi connectivity index (χ1) is 22.1. The van der Waals surface area contributed by atoms with Gasteiger partial charge in [0.25, 0.3) is 5.91 Å². The fraction of sp³-hybridized carbons (Fsp3) is 0.0286. The average Bonchev–Trinajstić information content (AvgIpc) is 3.73. The molecule has 1 amide bonds. The predicted octanol–water partition coefficient (Wildman–Crippen LogP) is 5.72. The molecule has 0 aliphatic carbocycles. The molecule has 0 fully saturated rings. The van der Waals surface area contributed by atoms with Gasteiger partial charge in [0.05, 0.1) is 28.7 Å². The van der Waals surface area contributed by atoms with Crippen LogP contribution in [0.25, 0.3) is 45.2 Å². The number of imidazole rings is 1. The molecule has 0 aliphatic heterocycles. The van der Waals surface area contributed by atoms with Crippen molar-refractivity contribution in [3.8, 4) is 40.1 Å². The molecule has 0 saturated carbocycles. The Labute approximate surface area is 258 Å². The maximum Gasteiger partial charge on any atom is 0.251 e. The maximum atomic E-state index is 12.9. The van der Waals surface area contributed by atoms with E-state index < -0.39 is 0 Å². The lowest BCUT2D eigenvalue weighted by Gasteiger charge is -2.12. The lowest BCUT2D eigenvalue weighted by atomic mass is 10.1. The third-order valence-corrected chi connectivity index (χ3v) is 7.41. The molecule has 10 heteroatoms. The van der Waals surface area contributed by atoms with Gasteiger partial charge in [0.1, 0.15) is 17.4 Å². The molecule has 45 heavy (non-hydrogen) atoms. The Morgan fingerprint density at radius 3 is 2.38 bits per heavy atom. The second-order valence-electron chi connectivity index (χ2n) is 10.3. The van der Waals surface area contributed by atoms with Crippen molar-refractivity contribution in [3.63, 3.8) is 0 Å². The van der Waals surface area contributed by atoms with Crippen molar-refractivity contribution in [2.45, 2.75) is 6.54 Å². The zero-order chi connectivity index (χ0) is 30.8. The summed E-state index contributed by atoms with van der Waals surface area (Å²) in [5.41, 5.74) is 13.8. The van der Waals surface area contributed by atoms with Crippen molar-refractivity contribution >= 4 is 22.9 Å². The van der Waals surface area contributed by atoms with Gasteiger partial charge in [-0.2, -0.15) is 10.4 Å². The molecule has 4 aromatic heterocycles. The molecular formula is C35H25N9O. The quantitative estimate of drug-likeness (QED) is 0.243. The normalized spacial score (nSPS) is 10.9. The summed E-state index contributed by atoms with van der Waals surface area (Å²) in [6, 6.07) is 34.6. The van der Waals surface area contributed by atoms with Crippen molar-refractivity contribution in [1.82, 2.24) is 34.6 Å². The van der Waals surface area contributed by atoms with Gasteiger partial charge in [0.2, 0.25) is 0 Å². The summed E-state index contributed by atoms with van der Waals surface area (Å²) in [5, 5.41) is 16.2. The molecule has 0 saturated heterocycles. The molecule has 4 heterocycles.